The summed E-state index contributed by atoms with van der Waals surface area (Å²) in [5.41, 5.74) is 6.35. The molecule has 0 amide bonds. The van der Waals surface area contributed by atoms with Crippen molar-refractivity contribution in [1.29, 1.82) is 0 Å². The van der Waals surface area contributed by atoms with E-state index in [0.717, 1.165) is 39.3 Å². The summed E-state index contributed by atoms with van der Waals surface area (Å²) < 4.78 is 6.07. The van der Waals surface area contributed by atoms with Crippen molar-refractivity contribution in [3.8, 4) is 16.9 Å². The molecule has 3 aromatic rings. The molecule has 128 valence electrons. The molecule has 0 aliphatic heterocycles. The number of rotatable bonds is 5. The number of benzene rings is 2. The summed E-state index contributed by atoms with van der Waals surface area (Å²) >= 11 is 0. The van der Waals surface area contributed by atoms with Gasteiger partial charge in [0.1, 0.15) is 18.7 Å². The molecule has 0 fully saturated rings. The van der Waals surface area contributed by atoms with Crippen molar-refractivity contribution in [2.45, 2.75) is 20.5 Å². The Bertz CT molecular complexity index is 863. The van der Waals surface area contributed by atoms with Crippen LogP contribution in [0.25, 0.3) is 11.1 Å². The first kappa shape index (κ1) is 16.9. The van der Waals surface area contributed by atoms with Gasteiger partial charge in [-0.25, -0.2) is 15.8 Å². The van der Waals surface area contributed by atoms with Crippen molar-refractivity contribution < 1.29 is 4.74 Å². The van der Waals surface area contributed by atoms with Crippen LogP contribution in [0.3, 0.4) is 0 Å². The van der Waals surface area contributed by atoms with Crippen LogP contribution in [0.2, 0.25) is 0 Å². The summed E-state index contributed by atoms with van der Waals surface area (Å²) in [7, 11) is 1.83. The molecule has 0 saturated carbocycles. The number of aromatic nitrogens is 2. The molecule has 0 saturated heterocycles. The van der Waals surface area contributed by atoms with Crippen LogP contribution in [0.4, 0.5) is 5.69 Å². The zero-order valence-corrected chi connectivity index (χ0v) is 14.7. The van der Waals surface area contributed by atoms with Crippen molar-refractivity contribution >= 4 is 5.69 Å². The maximum absolute atomic E-state index is 6.07. The summed E-state index contributed by atoms with van der Waals surface area (Å²) in [4.78, 5) is 8.13. The molecule has 0 aliphatic rings. The summed E-state index contributed by atoms with van der Waals surface area (Å²) in [5.74, 6) is 6.79. The lowest BCUT2D eigenvalue weighted by atomic mass is 10.1. The first-order chi connectivity index (χ1) is 12.1. The predicted molar refractivity (Wildman–Crippen MR) is 100 cm³/mol. The summed E-state index contributed by atoms with van der Waals surface area (Å²) in [6.45, 7) is 4.58. The van der Waals surface area contributed by atoms with Gasteiger partial charge in [-0.05, 0) is 48.7 Å². The van der Waals surface area contributed by atoms with Crippen LogP contribution in [0.5, 0.6) is 5.75 Å². The van der Waals surface area contributed by atoms with E-state index in [0.29, 0.717) is 6.61 Å². The smallest absolute Gasteiger partial charge is 0.122 e. The van der Waals surface area contributed by atoms with Crippen LogP contribution in [0, 0.1) is 13.8 Å². The van der Waals surface area contributed by atoms with E-state index in [1.54, 1.807) is 17.4 Å². The molecule has 0 aliphatic carbocycles. The Kier molecular flexibility index (Phi) is 4.95. The van der Waals surface area contributed by atoms with Gasteiger partial charge in [-0.15, -0.1) is 0 Å². The topological polar surface area (TPSA) is 64.3 Å². The first-order valence-corrected chi connectivity index (χ1v) is 8.12. The van der Waals surface area contributed by atoms with Gasteiger partial charge in [0.2, 0.25) is 0 Å². The Balaban J connectivity index is 1.81. The van der Waals surface area contributed by atoms with Crippen LogP contribution in [-0.2, 0) is 6.61 Å². The van der Waals surface area contributed by atoms with E-state index in [2.05, 4.69) is 29.0 Å². The van der Waals surface area contributed by atoms with Crippen LogP contribution in [0.15, 0.2) is 55.1 Å². The fourth-order valence-electron chi connectivity index (χ4n) is 2.79. The van der Waals surface area contributed by atoms with E-state index in [4.69, 9.17) is 10.6 Å². The summed E-state index contributed by atoms with van der Waals surface area (Å²) in [5, 5.41) is 1.62. The van der Waals surface area contributed by atoms with E-state index in [9.17, 15) is 0 Å². The highest BCUT2D eigenvalue weighted by Crippen LogP contribution is 2.28. The number of aryl methyl sites for hydroxylation is 2. The van der Waals surface area contributed by atoms with Gasteiger partial charge >= 0.3 is 0 Å². The fourth-order valence-corrected chi connectivity index (χ4v) is 2.79. The second-order valence-electron chi connectivity index (χ2n) is 6.08. The zero-order valence-electron chi connectivity index (χ0n) is 14.7. The molecule has 1 aromatic heterocycles. The maximum atomic E-state index is 6.07. The first-order valence-electron chi connectivity index (χ1n) is 8.12. The fraction of sp³-hybridized carbons (Fsp3) is 0.200. The van der Waals surface area contributed by atoms with E-state index >= 15 is 0 Å². The second kappa shape index (κ2) is 7.32. The SMILES string of the molecule is Cc1cc(-c2cncnc2)ccc1OCc1c(C)cccc1N(C)N. The molecule has 25 heavy (non-hydrogen) atoms. The van der Waals surface area contributed by atoms with E-state index < -0.39 is 0 Å². The van der Waals surface area contributed by atoms with Crippen LogP contribution in [-0.4, -0.2) is 17.0 Å². The molecule has 2 N–H and O–H groups in total. The van der Waals surface area contributed by atoms with Gasteiger partial charge in [-0.3, -0.25) is 0 Å². The molecule has 0 unspecified atom stereocenters. The number of hydrazine groups is 1. The average Bonchev–Trinajstić information content (AvgIpc) is 2.62. The van der Waals surface area contributed by atoms with Crippen LogP contribution in [0.1, 0.15) is 16.7 Å². The molecule has 1 heterocycles. The lowest BCUT2D eigenvalue weighted by Gasteiger charge is -2.19. The lowest BCUT2D eigenvalue weighted by molar-refractivity contribution is 0.303. The number of anilines is 1. The average molecular weight is 334 g/mol. The monoisotopic (exact) mass is 334 g/mol. The minimum Gasteiger partial charge on any atom is -0.489 e. The van der Waals surface area contributed by atoms with E-state index in [-0.39, 0.29) is 0 Å². The number of nitrogens with two attached hydrogens (primary N) is 1. The predicted octanol–water partition coefficient (Wildman–Crippen LogP) is 3.65. The summed E-state index contributed by atoms with van der Waals surface area (Å²) in [6, 6.07) is 12.2. The molecule has 0 atom stereocenters. The number of nitrogens with zero attached hydrogens (tertiary/aromatic N) is 3. The molecular formula is C20H22N4O. The zero-order chi connectivity index (χ0) is 17.8. The van der Waals surface area contributed by atoms with Gasteiger partial charge in [-0.2, -0.15) is 0 Å². The Morgan fingerprint density at radius 1 is 1.00 bits per heavy atom. The third-order valence-corrected chi connectivity index (χ3v) is 4.21. The third kappa shape index (κ3) is 3.78. The van der Waals surface area contributed by atoms with Crippen molar-refractivity contribution in [1.82, 2.24) is 9.97 Å². The standard InChI is InChI=1S/C20H22N4O/c1-14-5-4-6-19(24(3)21)18(14)12-25-20-8-7-16(9-15(20)2)17-10-22-13-23-11-17/h4-11,13H,12,21H2,1-3H3. The van der Waals surface area contributed by atoms with Gasteiger partial charge in [0.15, 0.2) is 0 Å². The van der Waals surface area contributed by atoms with Crippen molar-refractivity contribution in [2.24, 2.45) is 5.84 Å². The Hall–Kier alpha value is -2.92. The second-order valence-corrected chi connectivity index (χ2v) is 6.08. The Morgan fingerprint density at radius 2 is 1.76 bits per heavy atom. The molecule has 2 aromatic carbocycles. The van der Waals surface area contributed by atoms with Crippen LogP contribution >= 0.6 is 0 Å². The van der Waals surface area contributed by atoms with E-state index in [1.807, 2.05) is 38.2 Å². The largest absolute Gasteiger partial charge is 0.489 e. The molecule has 3 rings (SSSR count). The molecule has 5 nitrogen and oxygen atoms in total. The highest BCUT2D eigenvalue weighted by Gasteiger charge is 2.10. The third-order valence-electron chi connectivity index (χ3n) is 4.21. The van der Waals surface area contributed by atoms with Gasteiger partial charge in [0, 0.05) is 30.6 Å². The number of ether oxygens (including phenoxy) is 1. The quantitative estimate of drug-likeness (QED) is 0.570. The lowest BCUT2D eigenvalue weighted by Crippen LogP contribution is -2.26. The van der Waals surface area contributed by atoms with E-state index in [1.165, 1.54) is 6.33 Å². The van der Waals surface area contributed by atoms with Gasteiger partial charge in [0.05, 0.1) is 5.69 Å². The van der Waals surface area contributed by atoms with Gasteiger partial charge < -0.3 is 9.75 Å². The highest BCUT2D eigenvalue weighted by molar-refractivity contribution is 5.64. The van der Waals surface area contributed by atoms with Gasteiger partial charge in [0.25, 0.3) is 0 Å². The minimum absolute atomic E-state index is 0.470. The molecular weight excluding hydrogens is 312 g/mol. The Labute approximate surface area is 148 Å². The summed E-state index contributed by atoms with van der Waals surface area (Å²) in [6.07, 6.45) is 5.14. The molecule has 5 heteroatoms. The number of hydrogen-bond donors (Lipinski definition) is 1. The highest BCUT2D eigenvalue weighted by atomic mass is 16.5. The molecule has 0 spiro atoms. The van der Waals surface area contributed by atoms with Gasteiger partial charge in [-0.1, -0.05) is 18.2 Å². The number of hydrogen-bond acceptors (Lipinski definition) is 5. The maximum Gasteiger partial charge on any atom is 0.122 e. The van der Waals surface area contributed by atoms with Crippen LogP contribution < -0.4 is 15.6 Å². The minimum atomic E-state index is 0.470. The van der Waals surface area contributed by atoms with Crippen molar-refractivity contribution in [3.63, 3.8) is 0 Å². The molecule has 0 bridgehead atoms. The normalized spacial score (nSPS) is 10.6. The molecule has 0 radical (unpaired) electrons. The Morgan fingerprint density at radius 3 is 2.44 bits per heavy atom. The van der Waals surface area contributed by atoms with Crippen molar-refractivity contribution in [2.75, 3.05) is 12.1 Å². The van der Waals surface area contributed by atoms with Crippen molar-refractivity contribution in [3.05, 3.63) is 71.8 Å².